The molecule has 1 aliphatic heterocycles. The van der Waals surface area contributed by atoms with Crippen LogP contribution in [0.3, 0.4) is 0 Å². The molecule has 0 saturated heterocycles. The van der Waals surface area contributed by atoms with E-state index in [4.69, 9.17) is 16.3 Å². The fourth-order valence-corrected chi connectivity index (χ4v) is 4.27. The summed E-state index contributed by atoms with van der Waals surface area (Å²) in [6.45, 7) is 7.81. The molecule has 1 N–H and O–H groups in total. The van der Waals surface area contributed by atoms with Crippen molar-refractivity contribution in [3.05, 3.63) is 88.9 Å². The maximum Gasteiger partial charge on any atom is 0.242 e. The Kier molecular flexibility index (Phi) is 6.54. The molecule has 0 bridgehead atoms. The number of hydrogen-bond donors (Lipinski definition) is 1. The highest BCUT2D eigenvalue weighted by atomic mass is 35.5. The van der Waals surface area contributed by atoms with Crippen LogP contribution in [0.2, 0.25) is 5.02 Å². The molecule has 3 aromatic rings. The smallest absolute Gasteiger partial charge is 0.242 e. The summed E-state index contributed by atoms with van der Waals surface area (Å²) in [5.41, 5.74) is 3.97. The molecule has 5 heteroatoms. The van der Waals surface area contributed by atoms with Gasteiger partial charge in [0, 0.05) is 29.2 Å². The average Bonchev–Trinajstić information content (AvgIpc) is 2.93. The van der Waals surface area contributed by atoms with Crippen molar-refractivity contribution in [1.82, 2.24) is 10.2 Å². The normalized spacial score (nSPS) is 16.6. The largest absolute Gasteiger partial charge is 0.492 e. The molecule has 0 aromatic heterocycles. The van der Waals surface area contributed by atoms with Gasteiger partial charge >= 0.3 is 0 Å². The van der Waals surface area contributed by atoms with Crippen molar-refractivity contribution in [2.45, 2.75) is 38.9 Å². The number of fused-ring (bicyclic) bond motifs is 1. The van der Waals surface area contributed by atoms with Gasteiger partial charge in [-0.2, -0.15) is 0 Å². The second kappa shape index (κ2) is 9.35. The highest BCUT2D eigenvalue weighted by molar-refractivity contribution is 6.30. The molecule has 4 nitrogen and oxygen atoms in total. The van der Waals surface area contributed by atoms with Crippen LogP contribution in [0.15, 0.2) is 72.8 Å². The second-order valence-corrected chi connectivity index (χ2v) is 9.60. The van der Waals surface area contributed by atoms with Crippen molar-refractivity contribution >= 4 is 17.5 Å². The van der Waals surface area contributed by atoms with E-state index in [9.17, 15) is 4.79 Å². The summed E-state index contributed by atoms with van der Waals surface area (Å²) in [6, 6.07) is 23.6. The van der Waals surface area contributed by atoms with Crippen LogP contribution in [0.1, 0.15) is 37.9 Å². The minimum atomic E-state index is -0.439. The molecule has 1 atom stereocenters. The van der Waals surface area contributed by atoms with Crippen molar-refractivity contribution in [3.8, 4) is 16.9 Å². The van der Waals surface area contributed by atoms with E-state index in [0.717, 1.165) is 28.0 Å². The van der Waals surface area contributed by atoms with Gasteiger partial charge in [0.05, 0.1) is 0 Å². The first kappa shape index (κ1) is 22.4. The first-order valence-electron chi connectivity index (χ1n) is 10.9. The van der Waals surface area contributed by atoms with Gasteiger partial charge in [-0.25, -0.2) is 0 Å². The molecule has 0 spiro atoms. The lowest BCUT2D eigenvalue weighted by Crippen LogP contribution is -2.47. The van der Waals surface area contributed by atoms with Gasteiger partial charge < -0.3 is 10.1 Å². The minimum absolute atomic E-state index is 0.0144. The molecule has 166 valence electrons. The van der Waals surface area contributed by atoms with E-state index in [0.29, 0.717) is 24.7 Å². The number of benzene rings is 3. The monoisotopic (exact) mass is 448 g/mol. The molecule has 1 unspecified atom stereocenters. The molecule has 1 aliphatic rings. The van der Waals surface area contributed by atoms with Gasteiger partial charge in [-0.15, -0.1) is 0 Å². The van der Waals surface area contributed by atoms with E-state index in [1.807, 2.05) is 81.4 Å². The maximum atomic E-state index is 13.5. The number of amides is 1. The molecular formula is C27H29ClN2O2. The SMILES string of the molecule is CC(C)(C)NC(=O)C1c2ccccc2OCCN1Cc1ccccc1-c1ccc(Cl)cc1. The third-order valence-corrected chi connectivity index (χ3v) is 5.76. The molecule has 1 heterocycles. The number of nitrogens with zero attached hydrogens (tertiary/aromatic N) is 1. The topological polar surface area (TPSA) is 41.6 Å². The third-order valence-electron chi connectivity index (χ3n) is 5.51. The Morgan fingerprint density at radius 2 is 1.72 bits per heavy atom. The highest BCUT2D eigenvalue weighted by Gasteiger charge is 2.34. The van der Waals surface area contributed by atoms with E-state index in [1.165, 1.54) is 0 Å². The second-order valence-electron chi connectivity index (χ2n) is 9.16. The molecule has 0 radical (unpaired) electrons. The molecule has 4 rings (SSSR count). The predicted molar refractivity (Wildman–Crippen MR) is 130 cm³/mol. The van der Waals surface area contributed by atoms with Crippen LogP contribution >= 0.6 is 11.6 Å². The van der Waals surface area contributed by atoms with Crippen molar-refractivity contribution in [3.63, 3.8) is 0 Å². The van der Waals surface area contributed by atoms with Crippen molar-refractivity contribution in [2.24, 2.45) is 0 Å². The van der Waals surface area contributed by atoms with E-state index in [-0.39, 0.29) is 11.4 Å². The lowest BCUT2D eigenvalue weighted by atomic mass is 9.97. The Labute approximate surface area is 195 Å². The molecule has 1 amide bonds. The lowest BCUT2D eigenvalue weighted by Gasteiger charge is -2.32. The van der Waals surface area contributed by atoms with Crippen molar-refractivity contribution < 1.29 is 9.53 Å². The summed E-state index contributed by atoms with van der Waals surface area (Å²) in [5, 5.41) is 3.89. The summed E-state index contributed by atoms with van der Waals surface area (Å²) in [5.74, 6) is 0.759. The average molecular weight is 449 g/mol. The van der Waals surface area contributed by atoms with Gasteiger partial charge in [0.15, 0.2) is 0 Å². The van der Waals surface area contributed by atoms with Crippen LogP contribution in [0.25, 0.3) is 11.1 Å². The number of carbonyl (C=O) groups is 1. The van der Waals surface area contributed by atoms with E-state index in [2.05, 4.69) is 22.3 Å². The van der Waals surface area contributed by atoms with Crippen LogP contribution in [0, 0.1) is 0 Å². The molecule has 3 aromatic carbocycles. The van der Waals surface area contributed by atoms with Gasteiger partial charge in [-0.1, -0.05) is 66.2 Å². The first-order chi connectivity index (χ1) is 15.3. The van der Waals surface area contributed by atoms with Crippen molar-refractivity contribution in [2.75, 3.05) is 13.2 Å². The zero-order valence-corrected chi connectivity index (χ0v) is 19.5. The molecular weight excluding hydrogens is 420 g/mol. The maximum absolute atomic E-state index is 13.5. The fraction of sp³-hybridized carbons (Fsp3) is 0.296. The number of carbonyl (C=O) groups excluding carboxylic acids is 1. The Hall–Kier alpha value is -2.82. The molecule has 0 fully saturated rings. The van der Waals surface area contributed by atoms with Crippen LogP contribution in [0.4, 0.5) is 0 Å². The van der Waals surface area contributed by atoms with E-state index in [1.54, 1.807) is 0 Å². The quantitative estimate of drug-likeness (QED) is 0.543. The van der Waals surface area contributed by atoms with Crippen molar-refractivity contribution in [1.29, 1.82) is 0 Å². The van der Waals surface area contributed by atoms with Gasteiger partial charge in [0.25, 0.3) is 0 Å². The molecule has 0 aliphatic carbocycles. The molecule has 0 saturated carbocycles. The highest BCUT2D eigenvalue weighted by Crippen LogP contribution is 2.35. The van der Waals surface area contributed by atoms with Gasteiger partial charge in [-0.05, 0) is 55.7 Å². The number of hydrogen-bond acceptors (Lipinski definition) is 3. The Morgan fingerprint density at radius 3 is 2.47 bits per heavy atom. The van der Waals surface area contributed by atoms with Gasteiger partial charge in [0.2, 0.25) is 5.91 Å². The summed E-state index contributed by atoms with van der Waals surface area (Å²) in [4.78, 5) is 15.7. The number of rotatable bonds is 4. The number of nitrogens with one attached hydrogen (secondary N) is 1. The lowest BCUT2D eigenvalue weighted by molar-refractivity contribution is -0.128. The molecule has 32 heavy (non-hydrogen) atoms. The van der Waals surface area contributed by atoms with Gasteiger partial charge in [0.1, 0.15) is 18.4 Å². The van der Waals surface area contributed by atoms with Gasteiger partial charge in [-0.3, -0.25) is 9.69 Å². The number of halogens is 1. The third kappa shape index (κ3) is 5.14. The summed E-state index contributed by atoms with van der Waals surface area (Å²) < 4.78 is 6.02. The summed E-state index contributed by atoms with van der Waals surface area (Å²) in [6.07, 6.45) is 0. The zero-order valence-electron chi connectivity index (χ0n) is 18.8. The summed E-state index contributed by atoms with van der Waals surface area (Å²) in [7, 11) is 0. The van der Waals surface area contributed by atoms with Crippen LogP contribution in [-0.2, 0) is 11.3 Å². The predicted octanol–water partition coefficient (Wildman–Crippen LogP) is 5.86. The van der Waals surface area contributed by atoms with Crippen LogP contribution in [-0.4, -0.2) is 29.5 Å². The van der Waals surface area contributed by atoms with E-state index >= 15 is 0 Å². The van der Waals surface area contributed by atoms with E-state index < -0.39 is 6.04 Å². The Balaban J connectivity index is 1.72. The number of para-hydroxylation sites is 1. The Morgan fingerprint density at radius 1 is 1.03 bits per heavy atom. The zero-order chi connectivity index (χ0) is 22.7. The summed E-state index contributed by atoms with van der Waals surface area (Å²) >= 11 is 6.10. The van der Waals surface area contributed by atoms with Crippen LogP contribution in [0.5, 0.6) is 5.75 Å². The Bertz CT molecular complexity index is 1090. The number of ether oxygens (including phenoxy) is 1. The minimum Gasteiger partial charge on any atom is -0.492 e. The standard InChI is InChI=1S/C27H29ClN2O2/c1-27(2,3)29-26(31)25-23-10-6-7-11-24(23)32-17-16-30(25)18-20-8-4-5-9-22(20)19-12-14-21(28)15-13-19/h4-15,25H,16-18H2,1-3H3,(H,29,31). The first-order valence-corrected chi connectivity index (χ1v) is 11.3. The van der Waals surface area contributed by atoms with Crippen LogP contribution < -0.4 is 10.1 Å². The fourth-order valence-electron chi connectivity index (χ4n) is 4.14.